The number of carbonyl (C=O) groups excluding carboxylic acids is 1. The lowest BCUT2D eigenvalue weighted by Gasteiger charge is -2.33. The molecule has 0 bridgehead atoms. The fourth-order valence-corrected chi connectivity index (χ4v) is 4.31. The summed E-state index contributed by atoms with van der Waals surface area (Å²) in [6, 6.07) is 5.74. The van der Waals surface area contributed by atoms with Gasteiger partial charge in [0.25, 0.3) is 0 Å². The molecule has 22 heavy (non-hydrogen) atoms. The van der Waals surface area contributed by atoms with E-state index in [1.54, 1.807) is 6.07 Å². The number of methoxy groups -OCH3 is 1. The summed E-state index contributed by atoms with van der Waals surface area (Å²) in [6.07, 6.45) is 2.58. The highest BCUT2D eigenvalue weighted by Gasteiger charge is 2.32. The SMILES string of the molecule is COC(=O)c1cccc(S(=O)(=O)N2CCCCC2CN)c1.Cl. The number of esters is 1. The minimum atomic E-state index is -3.64. The van der Waals surface area contributed by atoms with Crippen molar-refractivity contribution in [2.45, 2.75) is 30.2 Å². The van der Waals surface area contributed by atoms with Crippen molar-refractivity contribution in [3.63, 3.8) is 0 Å². The predicted octanol–water partition coefficient (Wildman–Crippen LogP) is 1.40. The van der Waals surface area contributed by atoms with Crippen molar-refractivity contribution in [3.8, 4) is 0 Å². The van der Waals surface area contributed by atoms with E-state index in [1.807, 2.05) is 0 Å². The highest BCUT2D eigenvalue weighted by Crippen LogP contribution is 2.25. The number of sulfonamides is 1. The Bertz CT molecular complexity index is 621. The van der Waals surface area contributed by atoms with Crippen LogP contribution in [0.15, 0.2) is 29.2 Å². The van der Waals surface area contributed by atoms with Crippen LogP contribution in [0.3, 0.4) is 0 Å². The molecule has 0 radical (unpaired) electrons. The molecule has 0 saturated carbocycles. The van der Waals surface area contributed by atoms with Crippen molar-refractivity contribution in [3.05, 3.63) is 29.8 Å². The average molecular weight is 349 g/mol. The van der Waals surface area contributed by atoms with Gasteiger partial charge < -0.3 is 10.5 Å². The first-order valence-corrected chi connectivity index (χ1v) is 8.35. The average Bonchev–Trinajstić information content (AvgIpc) is 2.54. The van der Waals surface area contributed by atoms with Crippen molar-refractivity contribution in [2.24, 2.45) is 5.73 Å². The number of ether oxygens (including phenoxy) is 1. The summed E-state index contributed by atoms with van der Waals surface area (Å²) in [4.78, 5) is 11.6. The van der Waals surface area contributed by atoms with Crippen LogP contribution in [0, 0.1) is 0 Å². The second-order valence-electron chi connectivity index (χ2n) is 5.02. The largest absolute Gasteiger partial charge is 0.465 e. The smallest absolute Gasteiger partial charge is 0.337 e. The van der Waals surface area contributed by atoms with E-state index in [1.165, 1.54) is 29.6 Å². The van der Waals surface area contributed by atoms with Crippen LogP contribution >= 0.6 is 12.4 Å². The zero-order chi connectivity index (χ0) is 15.5. The molecule has 1 unspecified atom stereocenters. The van der Waals surface area contributed by atoms with Crippen LogP contribution in [0.5, 0.6) is 0 Å². The molecule has 1 aliphatic heterocycles. The third kappa shape index (κ3) is 3.78. The Kier molecular flexibility index (Phi) is 6.80. The molecule has 1 saturated heterocycles. The Balaban J connectivity index is 0.00000242. The minimum absolute atomic E-state index is 0. The second kappa shape index (κ2) is 7.92. The third-order valence-corrected chi connectivity index (χ3v) is 5.65. The molecule has 1 heterocycles. The second-order valence-corrected chi connectivity index (χ2v) is 6.91. The van der Waals surface area contributed by atoms with E-state index in [0.717, 1.165) is 19.3 Å². The van der Waals surface area contributed by atoms with Gasteiger partial charge in [-0.05, 0) is 31.0 Å². The molecular weight excluding hydrogens is 328 g/mol. The number of nitrogens with two attached hydrogens (primary N) is 1. The Morgan fingerprint density at radius 2 is 2.14 bits per heavy atom. The van der Waals surface area contributed by atoms with Crippen molar-refractivity contribution in [2.75, 3.05) is 20.2 Å². The number of rotatable bonds is 4. The molecule has 8 heteroatoms. The Morgan fingerprint density at radius 1 is 1.41 bits per heavy atom. The van der Waals surface area contributed by atoms with Gasteiger partial charge in [0.1, 0.15) is 0 Å². The molecular formula is C14H21ClN2O4S. The topological polar surface area (TPSA) is 89.7 Å². The maximum Gasteiger partial charge on any atom is 0.337 e. The molecule has 1 aromatic carbocycles. The molecule has 2 rings (SSSR count). The quantitative estimate of drug-likeness (QED) is 0.830. The van der Waals surface area contributed by atoms with Gasteiger partial charge in [-0.25, -0.2) is 13.2 Å². The summed E-state index contributed by atoms with van der Waals surface area (Å²) in [6.45, 7) is 0.766. The predicted molar refractivity (Wildman–Crippen MR) is 85.6 cm³/mol. The molecule has 0 aromatic heterocycles. The molecule has 1 aliphatic rings. The van der Waals surface area contributed by atoms with Crippen molar-refractivity contribution in [1.82, 2.24) is 4.31 Å². The number of benzene rings is 1. The van der Waals surface area contributed by atoms with Gasteiger partial charge in [-0.1, -0.05) is 12.5 Å². The Hall–Kier alpha value is -1.15. The summed E-state index contributed by atoms with van der Waals surface area (Å²) < 4.78 is 31.6. The highest BCUT2D eigenvalue weighted by atomic mass is 35.5. The van der Waals surface area contributed by atoms with Gasteiger partial charge in [-0.15, -0.1) is 12.4 Å². The molecule has 1 fully saturated rings. The number of halogens is 1. The van der Waals surface area contributed by atoms with Gasteiger partial charge in [0.05, 0.1) is 17.6 Å². The van der Waals surface area contributed by atoms with Gasteiger partial charge in [0, 0.05) is 19.1 Å². The Morgan fingerprint density at radius 3 is 2.77 bits per heavy atom. The normalized spacial score (nSPS) is 19.3. The number of hydrogen-bond acceptors (Lipinski definition) is 5. The monoisotopic (exact) mass is 348 g/mol. The standard InChI is InChI=1S/C14H20N2O4S.ClH/c1-20-14(17)11-5-4-7-13(9-11)21(18,19)16-8-3-2-6-12(16)10-15;/h4-5,7,9,12H,2-3,6,8,10,15H2,1H3;1H. The lowest BCUT2D eigenvalue weighted by Crippen LogP contribution is -2.47. The number of hydrogen-bond donors (Lipinski definition) is 1. The zero-order valence-electron chi connectivity index (χ0n) is 12.4. The third-order valence-electron chi connectivity index (χ3n) is 3.71. The molecule has 6 nitrogen and oxygen atoms in total. The van der Waals surface area contributed by atoms with Crippen LogP contribution in [-0.4, -0.2) is 44.9 Å². The summed E-state index contributed by atoms with van der Waals surface area (Å²) in [5, 5.41) is 0. The summed E-state index contributed by atoms with van der Waals surface area (Å²) in [5.74, 6) is -0.555. The van der Waals surface area contributed by atoms with Gasteiger partial charge in [0.2, 0.25) is 10.0 Å². The fourth-order valence-electron chi connectivity index (χ4n) is 2.56. The molecule has 2 N–H and O–H groups in total. The summed E-state index contributed by atoms with van der Waals surface area (Å²) >= 11 is 0. The van der Waals surface area contributed by atoms with E-state index in [0.29, 0.717) is 13.1 Å². The molecule has 124 valence electrons. The van der Waals surface area contributed by atoms with E-state index < -0.39 is 16.0 Å². The van der Waals surface area contributed by atoms with E-state index >= 15 is 0 Å². The van der Waals surface area contributed by atoms with Crippen LogP contribution in [0.2, 0.25) is 0 Å². The van der Waals surface area contributed by atoms with Crippen LogP contribution < -0.4 is 5.73 Å². The number of piperidine rings is 1. The number of carbonyl (C=O) groups is 1. The van der Waals surface area contributed by atoms with E-state index in [9.17, 15) is 13.2 Å². The maximum absolute atomic E-state index is 12.7. The van der Waals surface area contributed by atoms with Crippen LogP contribution in [-0.2, 0) is 14.8 Å². The van der Waals surface area contributed by atoms with Crippen molar-refractivity contribution >= 4 is 28.4 Å². The lowest BCUT2D eigenvalue weighted by atomic mass is 10.1. The lowest BCUT2D eigenvalue weighted by molar-refractivity contribution is 0.0600. The molecule has 1 aromatic rings. The highest BCUT2D eigenvalue weighted by molar-refractivity contribution is 7.89. The minimum Gasteiger partial charge on any atom is -0.465 e. The molecule has 0 spiro atoms. The van der Waals surface area contributed by atoms with Gasteiger partial charge in [-0.2, -0.15) is 4.31 Å². The van der Waals surface area contributed by atoms with Crippen LogP contribution in [0.1, 0.15) is 29.6 Å². The molecule has 0 aliphatic carbocycles. The Labute approximate surface area is 137 Å². The maximum atomic E-state index is 12.7. The van der Waals surface area contributed by atoms with Gasteiger partial charge in [0.15, 0.2) is 0 Å². The van der Waals surface area contributed by atoms with Crippen LogP contribution in [0.4, 0.5) is 0 Å². The van der Waals surface area contributed by atoms with Gasteiger partial charge in [-0.3, -0.25) is 0 Å². The van der Waals surface area contributed by atoms with E-state index in [4.69, 9.17) is 5.73 Å². The van der Waals surface area contributed by atoms with E-state index in [-0.39, 0.29) is 28.9 Å². The fraction of sp³-hybridized carbons (Fsp3) is 0.500. The van der Waals surface area contributed by atoms with E-state index in [2.05, 4.69) is 4.74 Å². The first-order chi connectivity index (χ1) is 10.0. The van der Waals surface area contributed by atoms with Crippen molar-refractivity contribution in [1.29, 1.82) is 0 Å². The molecule has 1 atom stereocenters. The zero-order valence-corrected chi connectivity index (χ0v) is 14.0. The van der Waals surface area contributed by atoms with Crippen LogP contribution in [0.25, 0.3) is 0 Å². The number of nitrogens with zero attached hydrogens (tertiary/aromatic N) is 1. The van der Waals surface area contributed by atoms with Crippen molar-refractivity contribution < 1.29 is 17.9 Å². The first-order valence-electron chi connectivity index (χ1n) is 6.91. The summed E-state index contributed by atoms with van der Waals surface area (Å²) in [5.41, 5.74) is 5.91. The summed E-state index contributed by atoms with van der Waals surface area (Å²) in [7, 11) is -2.38. The van der Waals surface area contributed by atoms with Gasteiger partial charge >= 0.3 is 5.97 Å². The molecule has 0 amide bonds. The first kappa shape index (κ1) is 18.9.